The van der Waals surface area contributed by atoms with E-state index in [1.54, 1.807) is 0 Å². The summed E-state index contributed by atoms with van der Waals surface area (Å²) in [6.45, 7) is 20.9. The van der Waals surface area contributed by atoms with Crippen molar-refractivity contribution in [1.29, 1.82) is 0 Å². The number of halogens is 1. The van der Waals surface area contributed by atoms with Crippen LogP contribution in [0.4, 0.5) is 4.39 Å². The second kappa shape index (κ2) is 11.0. The van der Waals surface area contributed by atoms with E-state index in [0.717, 1.165) is 7.11 Å². The Kier molecular flexibility index (Phi) is 9.75. The number of hydrogen-bond donors (Lipinski definition) is 0. The highest BCUT2D eigenvalue weighted by molar-refractivity contribution is 6.56. The molecule has 0 aliphatic heterocycles. The molecule has 1 rings (SSSR count). The fraction of sp³-hybridized carbons (Fsp3) is 0.667. The topological polar surface area (TPSA) is 71.1 Å². The number of carbonyl (C=O) groups excluding carboxylic acids is 2. The third kappa shape index (κ3) is 5.79. The first-order valence-electron chi connectivity index (χ1n) is 11.4. The summed E-state index contributed by atoms with van der Waals surface area (Å²) in [5.41, 5.74) is -0.717. The molecule has 6 nitrogen and oxygen atoms in total. The van der Waals surface area contributed by atoms with E-state index >= 15 is 4.39 Å². The smallest absolute Gasteiger partial charge is 0.341 e. The molecule has 2 atom stereocenters. The van der Waals surface area contributed by atoms with Crippen LogP contribution in [0.15, 0.2) is 0 Å². The van der Waals surface area contributed by atoms with E-state index in [0.29, 0.717) is 18.1 Å². The van der Waals surface area contributed by atoms with E-state index in [4.69, 9.17) is 18.3 Å². The molecule has 9 heteroatoms. The summed E-state index contributed by atoms with van der Waals surface area (Å²) in [7, 11) is -1.62. The maximum absolute atomic E-state index is 15.5. The van der Waals surface area contributed by atoms with Crippen molar-refractivity contribution in [3.63, 3.8) is 0 Å². The van der Waals surface area contributed by atoms with Crippen molar-refractivity contribution in [2.75, 3.05) is 14.2 Å². The Morgan fingerprint density at radius 1 is 0.879 bits per heavy atom. The highest BCUT2D eigenvalue weighted by Crippen LogP contribution is 2.49. The minimum Gasteiger partial charge on any atom is -0.543 e. The molecular formula is C24H41FO6Si2. The molecular weight excluding hydrogens is 459 g/mol. The van der Waals surface area contributed by atoms with Crippen molar-refractivity contribution >= 4 is 30.3 Å². The van der Waals surface area contributed by atoms with Gasteiger partial charge in [0.25, 0.3) is 0 Å². The molecule has 0 spiro atoms. The Balaban J connectivity index is 3.92. The van der Waals surface area contributed by atoms with Gasteiger partial charge >= 0.3 is 5.97 Å². The van der Waals surface area contributed by atoms with Crippen LogP contribution in [0.2, 0.25) is 23.2 Å². The Morgan fingerprint density at radius 3 is 1.64 bits per heavy atom. The van der Waals surface area contributed by atoms with Crippen molar-refractivity contribution in [3.8, 4) is 17.2 Å². The molecule has 188 valence electrons. The molecule has 0 saturated carbocycles. The third-order valence-corrected chi connectivity index (χ3v) is 14.4. The van der Waals surface area contributed by atoms with Crippen molar-refractivity contribution in [1.82, 2.24) is 0 Å². The number of rotatable bonds is 11. The normalized spacial score (nSPS) is 14.2. The summed E-state index contributed by atoms with van der Waals surface area (Å²) < 4.78 is 38.5. The molecule has 0 aromatic heterocycles. The lowest BCUT2D eigenvalue weighted by Crippen LogP contribution is -2.37. The van der Waals surface area contributed by atoms with Gasteiger partial charge in [-0.15, -0.1) is 0 Å². The van der Waals surface area contributed by atoms with Crippen LogP contribution >= 0.6 is 0 Å². The Hall–Kier alpha value is -1.88. The molecule has 0 radical (unpaired) electrons. The lowest BCUT2D eigenvalue weighted by molar-refractivity contribution is 0.0591. The lowest BCUT2D eigenvalue weighted by atomic mass is 9.99. The minimum absolute atomic E-state index is 0.0524. The van der Waals surface area contributed by atoms with Gasteiger partial charge in [0, 0.05) is 0 Å². The number of methoxy groups -OCH3 is 2. The maximum atomic E-state index is 15.5. The van der Waals surface area contributed by atoms with Gasteiger partial charge in [-0.05, 0) is 35.0 Å². The molecule has 0 heterocycles. The molecule has 0 aliphatic rings. The molecule has 1 aromatic rings. The van der Waals surface area contributed by atoms with Crippen LogP contribution in [-0.2, 0) is 4.74 Å². The standard InChI is InChI=1S/C24H41FO6Si2/c1-14(2)23(5,6)32(11)30-19-16(13-26)17(22(27)29-10)18(25)20(28-9)21(19)31-33(12)24(7,8)15(3)4/h13-15,32-33H,1-12H3. The average Bonchev–Trinajstić information content (AvgIpc) is 2.73. The Labute approximate surface area is 201 Å². The largest absolute Gasteiger partial charge is 0.543 e. The van der Waals surface area contributed by atoms with Gasteiger partial charge in [-0.1, -0.05) is 55.4 Å². The summed E-state index contributed by atoms with van der Waals surface area (Å²) in [5.74, 6) is -1.49. The van der Waals surface area contributed by atoms with E-state index in [1.807, 2.05) is 13.1 Å². The first kappa shape index (κ1) is 29.2. The zero-order chi connectivity index (χ0) is 25.9. The second-order valence-electron chi connectivity index (χ2n) is 10.4. The SMILES string of the molecule is COC(=O)c1c(F)c(OC)c(O[SiH](C)C(C)(C)C(C)C)c(O[SiH](C)C(C)(C)C(C)C)c1C=O. The summed E-state index contributed by atoms with van der Waals surface area (Å²) in [6, 6.07) is 0. The van der Waals surface area contributed by atoms with E-state index in [1.165, 1.54) is 7.11 Å². The molecule has 0 amide bonds. The minimum atomic E-state index is -2.03. The number of benzene rings is 1. The second-order valence-corrected chi connectivity index (χ2v) is 16.4. The van der Waals surface area contributed by atoms with Crippen LogP contribution < -0.4 is 13.6 Å². The molecule has 0 bridgehead atoms. The molecule has 0 fully saturated rings. The van der Waals surface area contributed by atoms with Crippen LogP contribution in [0.5, 0.6) is 17.2 Å². The monoisotopic (exact) mass is 500 g/mol. The predicted molar refractivity (Wildman–Crippen MR) is 135 cm³/mol. The fourth-order valence-electron chi connectivity index (χ4n) is 3.09. The van der Waals surface area contributed by atoms with Crippen LogP contribution in [0.25, 0.3) is 0 Å². The zero-order valence-corrected chi connectivity index (χ0v) is 24.5. The number of ether oxygens (including phenoxy) is 2. The van der Waals surface area contributed by atoms with Gasteiger partial charge in [0.2, 0.25) is 18.1 Å². The number of carbonyl (C=O) groups is 2. The number of aldehydes is 1. The van der Waals surface area contributed by atoms with Crippen LogP contribution in [0.1, 0.15) is 76.1 Å². The van der Waals surface area contributed by atoms with E-state index in [9.17, 15) is 9.59 Å². The van der Waals surface area contributed by atoms with Crippen molar-refractivity contribution in [2.45, 2.75) is 78.6 Å². The Morgan fingerprint density at radius 2 is 1.30 bits per heavy atom. The summed E-state index contributed by atoms with van der Waals surface area (Å²) >= 11 is 0. The molecule has 0 aliphatic carbocycles. The van der Waals surface area contributed by atoms with Crippen LogP contribution in [-0.4, -0.2) is 44.6 Å². The van der Waals surface area contributed by atoms with Crippen LogP contribution in [0, 0.1) is 17.7 Å². The van der Waals surface area contributed by atoms with Gasteiger partial charge in [0.05, 0.1) is 19.8 Å². The number of esters is 1. The van der Waals surface area contributed by atoms with Gasteiger partial charge in [-0.3, -0.25) is 4.79 Å². The third-order valence-electron chi connectivity index (χ3n) is 7.72. The maximum Gasteiger partial charge on any atom is 0.341 e. The summed E-state index contributed by atoms with van der Waals surface area (Å²) in [4.78, 5) is 24.7. The van der Waals surface area contributed by atoms with Crippen molar-refractivity contribution < 1.29 is 32.3 Å². The zero-order valence-electron chi connectivity index (χ0n) is 22.2. The van der Waals surface area contributed by atoms with Crippen molar-refractivity contribution in [3.05, 3.63) is 16.9 Å². The van der Waals surface area contributed by atoms with E-state index < -0.39 is 35.4 Å². The highest BCUT2D eigenvalue weighted by atomic mass is 28.3. The first-order chi connectivity index (χ1) is 15.1. The van der Waals surface area contributed by atoms with E-state index in [2.05, 4.69) is 55.4 Å². The lowest BCUT2D eigenvalue weighted by Gasteiger charge is -2.37. The quantitative estimate of drug-likeness (QED) is 0.218. The first-order valence-corrected chi connectivity index (χ1v) is 15.8. The van der Waals surface area contributed by atoms with Gasteiger partial charge < -0.3 is 18.3 Å². The molecule has 0 saturated heterocycles. The van der Waals surface area contributed by atoms with Crippen LogP contribution in [0.3, 0.4) is 0 Å². The van der Waals surface area contributed by atoms with Crippen molar-refractivity contribution in [2.24, 2.45) is 11.8 Å². The summed E-state index contributed by atoms with van der Waals surface area (Å²) in [6.07, 6.45) is 0.431. The molecule has 2 unspecified atom stereocenters. The fourth-order valence-corrected chi connectivity index (χ4v) is 6.73. The Bertz CT molecular complexity index is 867. The van der Waals surface area contributed by atoms with Gasteiger partial charge in [-0.2, -0.15) is 0 Å². The highest BCUT2D eigenvalue weighted by Gasteiger charge is 2.40. The molecule has 0 N–H and O–H groups in total. The predicted octanol–water partition coefficient (Wildman–Crippen LogP) is 5.77. The van der Waals surface area contributed by atoms with Gasteiger partial charge in [0.15, 0.2) is 29.4 Å². The van der Waals surface area contributed by atoms with E-state index in [-0.39, 0.29) is 32.9 Å². The van der Waals surface area contributed by atoms with Gasteiger partial charge in [0.1, 0.15) is 5.56 Å². The summed E-state index contributed by atoms with van der Waals surface area (Å²) in [5, 5.41) is -0.313. The van der Waals surface area contributed by atoms with Gasteiger partial charge in [-0.25, -0.2) is 9.18 Å². The molecule has 33 heavy (non-hydrogen) atoms. The average molecular weight is 501 g/mol. The number of hydrogen-bond acceptors (Lipinski definition) is 6. The molecule has 1 aromatic carbocycles.